The molecule has 1 aromatic heterocycles. The normalized spacial score (nSPS) is 18.4. The van der Waals surface area contributed by atoms with Crippen molar-refractivity contribution in [2.75, 3.05) is 6.54 Å². The van der Waals surface area contributed by atoms with Crippen molar-refractivity contribution in [3.05, 3.63) is 41.1 Å². The van der Waals surface area contributed by atoms with E-state index < -0.39 is 11.4 Å². The zero-order chi connectivity index (χ0) is 16.9. The van der Waals surface area contributed by atoms with Crippen molar-refractivity contribution >= 4 is 22.8 Å². The number of fused-ring (bicyclic) bond motifs is 1. The fourth-order valence-corrected chi connectivity index (χ4v) is 3.10. The first kappa shape index (κ1) is 15.1. The van der Waals surface area contributed by atoms with Crippen LogP contribution < -0.4 is 5.32 Å². The number of aliphatic carboxylic acids is 1. The molecule has 2 fully saturated rings. The Morgan fingerprint density at radius 2 is 2.04 bits per heavy atom. The maximum Gasteiger partial charge on any atom is 0.311 e. The highest BCUT2D eigenvalue weighted by Crippen LogP contribution is 2.45. The second-order valence-electron chi connectivity index (χ2n) is 7.16. The number of amides is 1. The number of carboxylic acid groups (broad SMARTS) is 1. The van der Waals surface area contributed by atoms with E-state index in [4.69, 9.17) is 4.98 Å². The smallest absolute Gasteiger partial charge is 0.311 e. The van der Waals surface area contributed by atoms with E-state index in [-0.39, 0.29) is 12.5 Å². The van der Waals surface area contributed by atoms with E-state index in [1.165, 1.54) is 0 Å². The van der Waals surface area contributed by atoms with Gasteiger partial charge in [0.05, 0.1) is 16.5 Å². The number of pyridine rings is 1. The van der Waals surface area contributed by atoms with Gasteiger partial charge in [-0.15, -0.1) is 0 Å². The molecule has 5 heteroatoms. The van der Waals surface area contributed by atoms with Crippen LogP contribution in [0.3, 0.4) is 0 Å². The Labute approximate surface area is 140 Å². The number of carbonyl (C=O) groups excluding carboxylic acids is 1. The van der Waals surface area contributed by atoms with Crippen molar-refractivity contribution in [1.29, 1.82) is 0 Å². The maximum atomic E-state index is 12.7. The molecule has 0 saturated heterocycles. The zero-order valence-electron chi connectivity index (χ0n) is 13.6. The number of hydrogen-bond acceptors (Lipinski definition) is 3. The van der Waals surface area contributed by atoms with Gasteiger partial charge < -0.3 is 10.4 Å². The number of aryl methyl sites for hydroxylation is 1. The van der Waals surface area contributed by atoms with Gasteiger partial charge in [-0.1, -0.05) is 11.6 Å². The van der Waals surface area contributed by atoms with Crippen LogP contribution in [0.4, 0.5) is 0 Å². The predicted molar refractivity (Wildman–Crippen MR) is 90.1 cm³/mol. The third kappa shape index (κ3) is 2.64. The van der Waals surface area contributed by atoms with Crippen molar-refractivity contribution in [3.8, 4) is 0 Å². The molecule has 5 nitrogen and oxygen atoms in total. The Morgan fingerprint density at radius 1 is 1.29 bits per heavy atom. The highest BCUT2D eigenvalue weighted by molar-refractivity contribution is 6.06. The van der Waals surface area contributed by atoms with Gasteiger partial charge in [-0.25, -0.2) is 0 Å². The molecule has 124 valence electrons. The zero-order valence-corrected chi connectivity index (χ0v) is 13.6. The Kier molecular flexibility index (Phi) is 3.34. The van der Waals surface area contributed by atoms with Crippen molar-refractivity contribution < 1.29 is 14.7 Å². The van der Waals surface area contributed by atoms with Gasteiger partial charge in [0.2, 0.25) is 0 Å². The summed E-state index contributed by atoms with van der Waals surface area (Å²) < 4.78 is 0. The minimum Gasteiger partial charge on any atom is -0.481 e. The van der Waals surface area contributed by atoms with Crippen molar-refractivity contribution in [1.82, 2.24) is 10.3 Å². The molecule has 1 amide bonds. The summed E-state index contributed by atoms with van der Waals surface area (Å²) in [5.74, 6) is -0.574. The Hall–Kier alpha value is -2.43. The topological polar surface area (TPSA) is 79.3 Å². The van der Waals surface area contributed by atoms with Crippen LogP contribution in [0, 0.1) is 12.3 Å². The van der Waals surface area contributed by atoms with Crippen molar-refractivity contribution in [2.45, 2.75) is 38.5 Å². The van der Waals surface area contributed by atoms with Gasteiger partial charge in [-0.2, -0.15) is 0 Å². The fourth-order valence-electron chi connectivity index (χ4n) is 3.10. The lowest BCUT2D eigenvalue weighted by Crippen LogP contribution is -2.34. The van der Waals surface area contributed by atoms with E-state index in [1.807, 2.05) is 31.2 Å². The van der Waals surface area contributed by atoms with Gasteiger partial charge in [-0.05, 0) is 50.8 Å². The molecule has 1 aromatic carbocycles. The average Bonchev–Trinajstić information content (AvgIpc) is 3.45. The molecule has 0 unspecified atom stereocenters. The Morgan fingerprint density at radius 3 is 2.67 bits per heavy atom. The lowest BCUT2D eigenvalue weighted by atomic mass is 10.0. The summed E-state index contributed by atoms with van der Waals surface area (Å²) in [6, 6.07) is 7.80. The standard InChI is InChI=1S/C19H20N2O3/c1-11-2-5-15-13(8-11)14(9-16(21-15)12-3-4-12)17(22)20-10-19(6-7-19)18(23)24/h2,5,8-9,12H,3-4,6-7,10H2,1H3,(H,20,22)(H,23,24). The number of nitrogens with one attached hydrogen (secondary N) is 1. The van der Waals surface area contributed by atoms with E-state index in [1.54, 1.807) is 0 Å². The van der Waals surface area contributed by atoms with Crippen LogP contribution in [0.5, 0.6) is 0 Å². The van der Waals surface area contributed by atoms with Crippen LogP contribution in [0.2, 0.25) is 0 Å². The minimum atomic E-state index is -0.822. The number of carbonyl (C=O) groups is 2. The van der Waals surface area contributed by atoms with Gasteiger partial charge in [0.1, 0.15) is 0 Å². The number of carboxylic acids is 1. The molecule has 2 aliphatic carbocycles. The average molecular weight is 324 g/mol. The molecular formula is C19H20N2O3. The molecule has 0 bridgehead atoms. The highest BCUT2D eigenvalue weighted by atomic mass is 16.4. The van der Waals surface area contributed by atoms with E-state index in [9.17, 15) is 14.7 Å². The van der Waals surface area contributed by atoms with Gasteiger partial charge in [-0.3, -0.25) is 14.6 Å². The largest absolute Gasteiger partial charge is 0.481 e. The van der Waals surface area contributed by atoms with Gasteiger partial charge in [0.15, 0.2) is 0 Å². The molecular weight excluding hydrogens is 304 g/mol. The van der Waals surface area contributed by atoms with Crippen LogP contribution in [0.25, 0.3) is 10.9 Å². The lowest BCUT2D eigenvalue weighted by molar-refractivity contribution is -0.143. The molecule has 2 aromatic rings. The summed E-state index contributed by atoms with van der Waals surface area (Å²) in [5.41, 5.74) is 2.71. The summed E-state index contributed by atoms with van der Waals surface area (Å²) in [4.78, 5) is 28.7. The molecule has 0 spiro atoms. The SMILES string of the molecule is Cc1ccc2nc(C3CC3)cc(C(=O)NCC3(C(=O)O)CC3)c2c1. The van der Waals surface area contributed by atoms with E-state index in [0.717, 1.165) is 35.0 Å². The number of hydrogen-bond donors (Lipinski definition) is 2. The fraction of sp³-hybridized carbons (Fsp3) is 0.421. The molecule has 4 rings (SSSR count). The lowest BCUT2D eigenvalue weighted by Gasteiger charge is -2.13. The number of aromatic nitrogens is 1. The third-order valence-electron chi connectivity index (χ3n) is 5.12. The van der Waals surface area contributed by atoms with E-state index in [0.29, 0.717) is 24.3 Å². The van der Waals surface area contributed by atoms with Crippen LogP contribution in [-0.4, -0.2) is 28.5 Å². The highest BCUT2D eigenvalue weighted by Gasteiger charge is 2.50. The molecule has 2 aliphatic rings. The first-order chi connectivity index (χ1) is 11.5. The predicted octanol–water partition coefficient (Wildman–Crippen LogP) is 3.02. The summed E-state index contributed by atoms with van der Waals surface area (Å²) >= 11 is 0. The van der Waals surface area contributed by atoms with E-state index >= 15 is 0 Å². The summed E-state index contributed by atoms with van der Waals surface area (Å²) in [6.45, 7) is 2.18. The maximum absolute atomic E-state index is 12.7. The molecule has 1 heterocycles. The number of nitrogens with zero attached hydrogens (tertiary/aromatic N) is 1. The van der Waals surface area contributed by atoms with E-state index in [2.05, 4.69) is 5.32 Å². The molecule has 2 N–H and O–H groups in total. The van der Waals surface area contributed by atoms with Gasteiger partial charge >= 0.3 is 5.97 Å². The van der Waals surface area contributed by atoms with Crippen LogP contribution in [-0.2, 0) is 4.79 Å². The first-order valence-electron chi connectivity index (χ1n) is 8.41. The quantitative estimate of drug-likeness (QED) is 0.886. The minimum absolute atomic E-state index is 0.190. The van der Waals surface area contributed by atoms with Gasteiger partial charge in [0, 0.05) is 23.5 Å². The van der Waals surface area contributed by atoms with Crippen LogP contribution in [0.15, 0.2) is 24.3 Å². The monoisotopic (exact) mass is 324 g/mol. The summed E-state index contributed by atoms with van der Waals surface area (Å²) in [5, 5.41) is 12.9. The number of rotatable bonds is 5. The third-order valence-corrected chi connectivity index (χ3v) is 5.12. The number of benzene rings is 1. The molecule has 24 heavy (non-hydrogen) atoms. The first-order valence-corrected chi connectivity index (χ1v) is 8.41. The second-order valence-corrected chi connectivity index (χ2v) is 7.16. The van der Waals surface area contributed by atoms with Crippen molar-refractivity contribution in [3.63, 3.8) is 0 Å². The molecule has 2 saturated carbocycles. The Balaban J connectivity index is 1.67. The molecule has 0 radical (unpaired) electrons. The Bertz CT molecular complexity index is 851. The van der Waals surface area contributed by atoms with Crippen molar-refractivity contribution in [2.24, 2.45) is 5.41 Å². The van der Waals surface area contributed by atoms with Gasteiger partial charge in [0.25, 0.3) is 5.91 Å². The summed E-state index contributed by atoms with van der Waals surface area (Å²) in [7, 11) is 0. The van der Waals surface area contributed by atoms with Crippen LogP contribution in [0.1, 0.15) is 53.2 Å². The molecule has 0 aliphatic heterocycles. The second kappa shape index (κ2) is 5.30. The van der Waals surface area contributed by atoms with Crippen LogP contribution >= 0.6 is 0 Å². The summed E-state index contributed by atoms with van der Waals surface area (Å²) in [6.07, 6.45) is 3.50. The molecule has 0 atom stereocenters.